The monoisotopic (exact) mass is 443 g/mol. The smallest absolute Gasteiger partial charge is 0.418 e. The first-order valence-corrected chi connectivity index (χ1v) is 10.2. The molecule has 3 aromatic rings. The molecule has 8 heteroatoms. The van der Waals surface area contributed by atoms with Crippen LogP contribution in [-0.2, 0) is 6.18 Å². The second-order valence-electron chi connectivity index (χ2n) is 6.99. The third kappa shape index (κ3) is 5.01. The summed E-state index contributed by atoms with van der Waals surface area (Å²) in [6.07, 6.45) is -3.28. The largest absolute Gasteiger partial charge is 0.496 e. The van der Waals surface area contributed by atoms with Gasteiger partial charge >= 0.3 is 6.18 Å². The third-order valence-corrected chi connectivity index (χ3v) is 5.09. The molecular weight excluding hydrogens is 419 g/mol. The Bertz CT molecular complexity index is 1080. The molecule has 5 nitrogen and oxygen atoms in total. The predicted molar refractivity (Wildman–Crippen MR) is 119 cm³/mol. The molecule has 0 aliphatic rings. The maximum Gasteiger partial charge on any atom is 0.418 e. The van der Waals surface area contributed by atoms with Crippen molar-refractivity contribution in [1.29, 1.82) is 0 Å². The van der Waals surface area contributed by atoms with Gasteiger partial charge in [-0.05, 0) is 68.4 Å². The summed E-state index contributed by atoms with van der Waals surface area (Å²) in [7, 11) is 1.34. The molecule has 0 aliphatic heterocycles. The van der Waals surface area contributed by atoms with Gasteiger partial charge in [0.05, 0.1) is 18.4 Å². The summed E-state index contributed by atoms with van der Waals surface area (Å²) in [5.41, 5.74) is 0.941. The van der Waals surface area contributed by atoms with Gasteiger partial charge in [0.15, 0.2) is 0 Å². The van der Waals surface area contributed by atoms with Gasteiger partial charge in [-0.25, -0.2) is 0 Å². The van der Waals surface area contributed by atoms with Crippen LogP contribution in [-0.4, -0.2) is 31.1 Å². The quantitative estimate of drug-likeness (QED) is 0.496. The van der Waals surface area contributed by atoms with E-state index in [1.807, 2.05) is 12.1 Å². The number of hydrogen-bond donors (Lipinski definition) is 1. The zero-order valence-electron chi connectivity index (χ0n) is 18.0. The van der Waals surface area contributed by atoms with Crippen LogP contribution in [0.3, 0.4) is 0 Å². The van der Waals surface area contributed by atoms with E-state index in [1.54, 1.807) is 12.1 Å². The van der Waals surface area contributed by atoms with Gasteiger partial charge in [-0.2, -0.15) is 13.2 Å². The van der Waals surface area contributed by atoms with E-state index < -0.39 is 17.6 Å². The van der Waals surface area contributed by atoms with Crippen LogP contribution in [0.1, 0.15) is 29.8 Å². The molecule has 0 bridgehead atoms. The first kappa shape index (κ1) is 23.1. The number of alkyl halides is 3. The van der Waals surface area contributed by atoms with Crippen LogP contribution >= 0.6 is 0 Å². The lowest BCUT2D eigenvalue weighted by Crippen LogP contribution is -2.21. The van der Waals surface area contributed by atoms with Gasteiger partial charge in [0.25, 0.3) is 5.91 Å². The molecule has 32 heavy (non-hydrogen) atoms. The normalized spacial score (nSPS) is 11.2. The fourth-order valence-electron chi connectivity index (χ4n) is 3.42. The van der Waals surface area contributed by atoms with Gasteiger partial charge in [-0.3, -0.25) is 9.78 Å². The molecule has 0 saturated heterocycles. The average molecular weight is 443 g/mol. The Balaban J connectivity index is 1.86. The number of pyridine rings is 1. The van der Waals surface area contributed by atoms with E-state index in [9.17, 15) is 18.0 Å². The van der Waals surface area contributed by atoms with E-state index in [0.29, 0.717) is 5.69 Å². The highest BCUT2D eigenvalue weighted by Crippen LogP contribution is 2.39. The fourth-order valence-corrected chi connectivity index (χ4v) is 3.42. The Morgan fingerprint density at radius 3 is 2.34 bits per heavy atom. The van der Waals surface area contributed by atoms with Crippen LogP contribution < -0.4 is 15.0 Å². The number of ether oxygens (including phenoxy) is 1. The predicted octanol–water partition coefficient (Wildman–Crippen LogP) is 5.87. The van der Waals surface area contributed by atoms with Gasteiger partial charge in [-0.15, -0.1) is 0 Å². The van der Waals surface area contributed by atoms with Gasteiger partial charge in [0.2, 0.25) is 0 Å². The summed E-state index contributed by atoms with van der Waals surface area (Å²) in [4.78, 5) is 18.8. The lowest BCUT2D eigenvalue weighted by atomic mass is 10.0. The number of anilines is 2. The summed E-state index contributed by atoms with van der Waals surface area (Å²) < 4.78 is 45.5. The average Bonchev–Trinajstić information content (AvgIpc) is 2.80. The number of amides is 1. The SMILES string of the molecule is CCN(CC)c1ccc(NC(=O)c2ccc(-c3ncccc3C(F)(F)F)c(OC)c2)cc1. The van der Waals surface area contributed by atoms with Crippen LogP contribution in [0.5, 0.6) is 5.75 Å². The van der Waals surface area contributed by atoms with Crippen molar-refractivity contribution in [2.24, 2.45) is 0 Å². The van der Waals surface area contributed by atoms with Crippen LogP contribution in [0, 0.1) is 0 Å². The number of nitrogens with one attached hydrogen (secondary N) is 1. The molecule has 0 saturated carbocycles. The van der Waals surface area contributed by atoms with Crippen LogP contribution in [0.25, 0.3) is 11.3 Å². The van der Waals surface area contributed by atoms with Gasteiger partial charge in [-0.1, -0.05) is 0 Å². The number of hydrogen-bond acceptors (Lipinski definition) is 4. The number of carbonyl (C=O) groups is 1. The first-order chi connectivity index (χ1) is 15.3. The number of nitrogens with zero attached hydrogens (tertiary/aromatic N) is 2. The summed E-state index contributed by atoms with van der Waals surface area (Å²) in [5.74, 6) is -0.277. The van der Waals surface area contributed by atoms with E-state index in [2.05, 4.69) is 29.0 Å². The molecule has 1 N–H and O–H groups in total. The van der Waals surface area contributed by atoms with Crippen molar-refractivity contribution in [2.75, 3.05) is 30.4 Å². The molecule has 3 rings (SSSR count). The minimum Gasteiger partial charge on any atom is -0.496 e. The molecule has 0 spiro atoms. The second kappa shape index (κ2) is 9.72. The molecule has 168 valence electrons. The molecule has 0 radical (unpaired) electrons. The minimum atomic E-state index is -4.57. The van der Waals surface area contributed by atoms with E-state index in [1.165, 1.54) is 37.6 Å². The van der Waals surface area contributed by atoms with Gasteiger partial charge in [0.1, 0.15) is 5.75 Å². The van der Waals surface area contributed by atoms with Crippen LogP contribution in [0.2, 0.25) is 0 Å². The summed E-state index contributed by atoms with van der Waals surface area (Å²) in [6.45, 7) is 5.89. The van der Waals surface area contributed by atoms with E-state index in [4.69, 9.17) is 4.74 Å². The van der Waals surface area contributed by atoms with Crippen LogP contribution in [0.4, 0.5) is 24.5 Å². The van der Waals surface area contributed by atoms with Crippen molar-refractivity contribution in [2.45, 2.75) is 20.0 Å². The molecule has 0 atom stereocenters. The molecule has 0 aliphatic carbocycles. The Kier molecular flexibility index (Phi) is 7.02. The lowest BCUT2D eigenvalue weighted by Gasteiger charge is -2.21. The molecule has 0 fully saturated rings. The fraction of sp³-hybridized carbons (Fsp3) is 0.250. The maximum absolute atomic E-state index is 13.4. The van der Waals surface area contributed by atoms with E-state index in [-0.39, 0.29) is 22.6 Å². The minimum absolute atomic E-state index is 0.124. The maximum atomic E-state index is 13.4. The van der Waals surface area contributed by atoms with E-state index in [0.717, 1.165) is 24.8 Å². The number of benzene rings is 2. The molecule has 1 heterocycles. The highest BCUT2D eigenvalue weighted by Gasteiger charge is 2.35. The van der Waals surface area contributed by atoms with Crippen molar-refractivity contribution >= 4 is 17.3 Å². The van der Waals surface area contributed by atoms with Gasteiger partial charge in [0, 0.05) is 41.8 Å². The van der Waals surface area contributed by atoms with Gasteiger partial charge < -0.3 is 15.0 Å². The molecular formula is C24H24F3N3O2. The number of carbonyl (C=O) groups excluding carboxylic acids is 1. The Labute approximate surface area is 184 Å². The third-order valence-electron chi connectivity index (χ3n) is 5.09. The Morgan fingerprint density at radius 1 is 1.06 bits per heavy atom. The molecule has 0 unspecified atom stereocenters. The molecule has 1 aromatic heterocycles. The number of rotatable bonds is 7. The lowest BCUT2D eigenvalue weighted by molar-refractivity contribution is -0.137. The van der Waals surface area contributed by atoms with E-state index >= 15 is 0 Å². The highest BCUT2D eigenvalue weighted by atomic mass is 19.4. The van der Waals surface area contributed by atoms with Crippen molar-refractivity contribution < 1.29 is 22.7 Å². The van der Waals surface area contributed by atoms with Crippen LogP contribution in [0.15, 0.2) is 60.8 Å². The number of aromatic nitrogens is 1. The zero-order chi connectivity index (χ0) is 23.3. The van der Waals surface area contributed by atoms with Crippen molar-refractivity contribution in [3.8, 4) is 17.0 Å². The summed E-state index contributed by atoms with van der Waals surface area (Å²) in [6, 6.07) is 13.9. The highest BCUT2D eigenvalue weighted by molar-refractivity contribution is 6.05. The Morgan fingerprint density at radius 2 is 1.75 bits per heavy atom. The van der Waals surface area contributed by atoms with Crippen molar-refractivity contribution in [1.82, 2.24) is 4.98 Å². The summed E-state index contributed by atoms with van der Waals surface area (Å²) >= 11 is 0. The van der Waals surface area contributed by atoms with Crippen molar-refractivity contribution in [3.05, 3.63) is 71.9 Å². The zero-order valence-corrected chi connectivity index (χ0v) is 18.0. The molecule has 1 amide bonds. The van der Waals surface area contributed by atoms with Crippen molar-refractivity contribution in [3.63, 3.8) is 0 Å². The standard InChI is InChI=1S/C24H24F3N3O2/c1-4-30(5-2)18-11-9-17(10-12-18)29-23(31)16-8-13-19(21(15-16)32-3)22-20(24(25,26)27)7-6-14-28-22/h6-15H,4-5H2,1-3H3,(H,29,31). The topological polar surface area (TPSA) is 54.5 Å². The number of methoxy groups -OCH3 is 1. The Hall–Kier alpha value is -3.55. The number of halogens is 3. The second-order valence-corrected chi connectivity index (χ2v) is 6.99. The first-order valence-electron chi connectivity index (χ1n) is 10.2. The molecule has 2 aromatic carbocycles. The summed E-state index contributed by atoms with van der Waals surface area (Å²) in [5, 5.41) is 2.80.